The van der Waals surface area contributed by atoms with Gasteiger partial charge in [0.25, 0.3) is 5.91 Å². The number of aliphatic hydroxyl groups is 1. The Hall–Kier alpha value is -2.33. The van der Waals surface area contributed by atoms with Crippen LogP contribution < -0.4 is 11.1 Å². The van der Waals surface area contributed by atoms with Crippen molar-refractivity contribution in [3.05, 3.63) is 64.7 Å². The SMILES string of the molecule is Cc1ccc(CNC(=O)c2ccc(N)c(C(C)(C)O)c2)cc1. The third-order valence-electron chi connectivity index (χ3n) is 3.55. The number of amides is 1. The highest BCUT2D eigenvalue weighted by Crippen LogP contribution is 2.26. The number of benzene rings is 2. The number of anilines is 1. The molecule has 0 aliphatic rings. The van der Waals surface area contributed by atoms with E-state index in [0.717, 1.165) is 5.56 Å². The summed E-state index contributed by atoms with van der Waals surface area (Å²) in [6.45, 7) is 5.77. The molecule has 4 heteroatoms. The van der Waals surface area contributed by atoms with E-state index >= 15 is 0 Å². The van der Waals surface area contributed by atoms with Gasteiger partial charge in [0.05, 0.1) is 5.60 Å². The molecule has 0 radical (unpaired) electrons. The second-order valence-corrected chi connectivity index (χ2v) is 6.03. The summed E-state index contributed by atoms with van der Waals surface area (Å²) in [6, 6.07) is 12.9. The minimum absolute atomic E-state index is 0.189. The summed E-state index contributed by atoms with van der Waals surface area (Å²) >= 11 is 0. The lowest BCUT2D eigenvalue weighted by Crippen LogP contribution is -2.24. The van der Waals surface area contributed by atoms with Gasteiger partial charge in [-0.25, -0.2) is 0 Å². The molecule has 2 rings (SSSR count). The van der Waals surface area contributed by atoms with Gasteiger partial charge >= 0.3 is 0 Å². The van der Waals surface area contributed by atoms with E-state index in [2.05, 4.69) is 5.32 Å². The fourth-order valence-electron chi connectivity index (χ4n) is 2.22. The molecule has 22 heavy (non-hydrogen) atoms. The molecule has 0 aliphatic carbocycles. The highest BCUT2D eigenvalue weighted by Gasteiger charge is 2.20. The molecule has 0 saturated carbocycles. The Morgan fingerprint density at radius 1 is 1.18 bits per heavy atom. The zero-order valence-corrected chi connectivity index (χ0v) is 13.2. The van der Waals surface area contributed by atoms with Crippen molar-refractivity contribution in [3.63, 3.8) is 0 Å². The van der Waals surface area contributed by atoms with Crippen molar-refractivity contribution in [2.75, 3.05) is 5.73 Å². The first-order chi connectivity index (χ1) is 10.3. The van der Waals surface area contributed by atoms with Crippen LogP contribution in [0.5, 0.6) is 0 Å². The first kappa shape index (κ1) is 16.0. The van der Waals surface area contributed by atoms with Crippen LogP contribution in [-0.4, -0.2) is 11.0 Å². The van der Waals surface area contributed by atoms with Crippen molar-refractivity contribution in [2.24, 2.45) is 0 Å². The summed E-state index contributed by atoms with van der Waals surface area (Å²) in [4.78, 5) is 12.2. The van der Waals surface area contributed by atoms with E-state index in [0.29, 0.717) is 23.4 Å². The molecule has 0 bridgehead atoms. The number of aryl methyl sites for hydroxylation is 1. The second-order valence-electron chi connectivity index (χ2n) is 6.03. The molecule has 1 amide bonds. The minimum Gasteiger partial charge on any atom is -0.398 e. The van der Waals surface area contributed by atoms with Crippen molar-refractivity contribution in [2.45, 2.75) is 32.9 Å². The molecule has 4 nitrogen and oxygen atoms in total. The molecular formula is C18H22N2O2. The van der Waals surface area contributed by atoms with Crippen LogP contribution in [0.2, 0.25) is 0 Å². The van der Waals surface area contributed by atoms with E-state index in [1.807, 2.05) is 31.2 Å². The number of hydrogen-bond donors (Lipinski definition) is 3. The highest BCUT2D eigenvalue weighted by atomic mass is 16.3. The average Bonchev–Trinajstić information content (AvgIpc) is 2.45. The topological polar surface area (TPSA) is 75.4 Å². The zero-order chi connectivity index (χ0) is 16.3. The van der Waals surface area contributed by atoms with Gasteiger partial charge < -0.3 is 16.2 Å². The molecule has 4 N–H and O–H groups in total. The van der Waals surface area contributed by atoms with E-state index in [4.69, 9.17) is 5.73 Å². The number of nitrogen functional groups attached to an aromatic ring is 1. The van der Waals surface area contributed by atoms with Crippen LogP contribution in [0, 0.1) is 6.92 Å². The number of carbonyl (C=O) groups is 1. The van der Waals surface area contributed by atoms with Crippen molar-refractivity contribution < 1.29 is 9.90 Å². The van der Waals surface area contributed by atoms with E-state index in [1.54, 1.807) is 32.0 Å². The molecule has 0 spiro atoms. The largest absolute Gasteiger partial charge is 0.398 e. The zero-order valence-electron chi connectivity index (χ0n) is 13.2. The number of hydrogen-bond acceptors (Lipinski definition) is 3. The number of nitrogens with two attached hydrogens (primary N) is 1. The average molecular weight is 298 g/mol. The molecule has 0 aliphatic heterocycles. The van der Waals surface area contributed by atoms with E-state index in [9.17, 15) is 9.90 Å². The standard InChI is InChI=1S/C18H22N2O2/c1-12-4-6-13(7-5-12)11-20-17(21)14-8-9-16(19)15(10-14)18(2,3)22/h4-10,22H,11,19H2,1-3H3,(H,20,21). The molecule has 2 aromatic rings. The van der Waals surface area contributed by atoms with Crippen LogP contribution >= 0.6 is 0 Å². The van der Waals surface area contributed by atoms with Gasteiger partial charge in [0, 0.05) is 23.4 Å². The van der Waals surface area contributed by atoms with E-state index < -0.39 is 5.60 Å². The van der Waals surface area contributed by atoms with E-state index in [-0.39, 0.29) is 5.91 Å². The molecule has 116 valence electrons. The summed E-state index contributed by atoms with van der Waals surface area (Å²) in [5, 5.41) is 13.0. The summed E-state index contributed by atoms with van der Waals surface area (Å²) in [6.07, 6.45) is 0. The van der Waals surface area contributed by atoms with Gasteiger partial charge in [0.1, 0.15) is 0 Å². The van der Waals surface area contributed by atoms with Crippen molar-refractivity contribution >= 4 is 11.6 Å². The molecule has 0 heterocycles. The van der Waals surface area contributed by atoms with Crippen LogP contribution in [0.3, 0.4) is 0 Å². The quantitative estimate of drug-likeness (QED) is 0.760. The first-order valence-electron chi connectivity index (χ1n) is 7.23. The van der Waals surface area contributed by atoms with Crippen LogP contribution in [-0.2, 0) is 12.1 Å². The Bertz CT molecular complexity index is 670. The summed E-state index contributed by atoms with van der Waals surface area (Å²) in [5.41, 5.74) is 8.51. The third kappa shape index (κ3) is 3.86. The molecule has 0 fully saturated rings. The van der Waals surface area contributed by atoms with Crippen LogP contribution in [0.25, 0.3) is 0 Å². The Morgan fingerprint density at radius 2 is 1.82 bits per heavy atom. The lowest BCUT2D eigenvalue weighted by molar-refractivity contribution is 0.0792. The smallest absolute Gasteiger partial charge is 0.251 e. The second kappa shape index (κ2) is 6.20. The Kier molecular flexibility index (Phi) is 4.52. The summed E-state index contributed by atoms with van der Waals surface area (Å²) in [7, 11) is 0. The summed E-state index contributed by atoms with van der Waals surface area (Å²) < 4.78 is 0. The molecular weight excluding hydrogens is 276 g/mol. The van der Waals surface area contributed by atoms with Crippen molar-refractivity contribution in [3.8, 4) is 0 Å². The van der Waals surface area contributed by atoms with Crippen molar-refractivity contribution in [1.82, 2.24) is 5.32 Å². The maximum Gasteiger partial charge on any atom is 0.251 e. The number of rotatable bonds is 4. The lowest BCUT2D eigenvalue weighted by Gasteiger charge is -2.20. The van der Waals surface area contributed by atoms with Crippen molar-refractivity contribution in [1.29, 1.82) is 0 Å². The van der Waals surface area contributed by atoms with Gasteiger partial charge in [0.2, 0.25) is 0 Å². The molecule has 0 atom stereocenters. The van der Waals surface area contributed by atoms with Crippen LogP contribution in [0.1, 0.15) is 40.9 Å². The molecule has 0 unspecified atom stereocenters. The normalized spacial score (nSPS) is 11.3. The van der Waals surface area contributed by atoms with Gasteiger partial charge in [-0.2, -0.15) is 0 Å². The molecule has 2 aromatic carbocycles. The lowest BCUT2D eigenvalue weighted by atomic mass is 9.94. The predicted octanol–water partition coefficient (Wildman–Crippen LogP) is 2.73. The van der Waals surface area contributed by atoms with Gasteiger partial charge in [-0.3, -0.25) is 4.79 Å². The Morgan fingerprint density at radius 3 is 2.41 bits per heavy atom. The molecule has 0 aromatic heterocycles. The first-order valence-corrected chi connectivity index (χ1v) is 7.23. The van der Waals surface area contributed by atoms with Gasteiger partial charge in [0.15, 0.2) is 0 Å². The molecule has 0 saturated heterocycles. The minimum atomic E-state index is -1.09. The Labute approximate surface area is 131 Å². The van der Waals surface area contributed by atoms with Gasteiger partial charge in [-0.1, -0.05) is 29.8 Å². The van der Waals surface area contributed by atoms with Gasteiger partial charge in [-0.15, -0.1) is 0 Å². The predicted molar refractivity (Wildman–Crippen MR) is 88.4 cm³/mol. The fraction of sp³-hybridized carbons (Fsp3) is 0.278. The summed E-state index contributed by atoms with van der Waals surface area (Å²) in [5.74, 6) is -0.189. The monoisotopic (exact) mass is 298 g/mol. The fourth-order valence-corrected chi connectivity index (χ4v) is 2.22. The van der Waals surface area contributed by atoms with Crippen LogP contribution in [0.4, 0.5) is 5.69 Å². The van der Waals surface area contributed by atoms with Gasteiger partial charge in [-0.05, 0) is 44.5 Å². The maximum atomic E-state index is 12.2. The number of nitrogens with one attached hydrogen (secondary N) is 1. The highest BCUT2D eigenvalue weighted by molar-refractivity contribution is 5.94. The van der Waals surface area contributed by atoms with Crippen LogP contribution in [0.15, 0.2) is 42.5 Å². The Balaban J connectivity index is 2.11. The third-order valence-corrected chi connectivity index (χ3v) is 3.55. The maximum absolute atomic E-state index is 12.2. The number of carbonyl (C=O) groups excluding carboxylic acids is 1. The van der Waals surface area contributed by atoms with E-state index in [1.165, 1.54) is 5.56 Å².